The van der Waals surface area contributed by atoms with E-state index in [0.29, 0.717) is 13.2 Å². The van der Waals surface area contributed by atoms with E-state index in [1.165, 1.54) is 0 Å². The first-order chi connectivity index (χ1) is 4.93. The lowest BCUT2D eigenvalue weighted by Gasteiger charge is -2.21. The van der Waals surface area contributed by atoms with Crippen LogP contribution in [0.5, 0.6) is 0 Å². The third-order valence-corrected chi connectivity index (χ3v) is 1.56. The molecule has 1 aliphatic rings. The average Bonchev–Trinajstić information content (AvgIpc) is 2.03. The fourth-order valence-electron chi connectivity index (χ4n) is 1.06. The van der Waals surface area contributed by atoms with Gasteiger partial charge in [0.1, 0.15) is 6.61 Å². The molecule has 10 heavy (non-hydrogen) atoms. The molecule has 1 saturated heterocycles. The van der Waals surface area contributed by atoms with Crippen LogP contribution in [0, 0.1) is 0 Å². The van der Waals surface area contributed by atoms with Gasteiger partial charge in [0.15, 0.2) is 0 Å². The Labute approximate surface area is 60.9 Å². The first-order valence-electron chi connectivity index (χ1n) is 3.71. The van der Waals surface area contributed by atoms with Crippen molar-refractivity contribution >= 4 is 0 Å². The van der Waals surface area contributed by atoms with Gasteiger partial charge >= 0.3 is 0 Å². The Kier molecular flexibility index (Phi) is 3.72. The summed E-state index contributed by atoms with van der Waals surface area (Å²) in [7, 11) is 0. The van der Waals surface area contributed by atoms with Gasteiger partial charge < -0.3 is 9.47 Å². The molecule has 0 N–H and O–H groups in total. The van der Waals surface area contributed by atoms with Crippen molar-refractivity contribution in [1.82, 2.24) is 0 Å². The van der Waals surface area contributed by atoms with Crippen LogP contribution in [-0.4, -0.2) is 32.5 Å². The Morgan fingerprint density at radius 2 is 2.50 bits per heavy atom. The molecule has 1 aliphatic heterocycles. The van der Waals surface area contributed by atoms with Gasteiger partial charge in [-0.05, 0) is 12.8 Å². The molecule has 3 heteroatoms. The summed E-state index contributed by atoms with van der Waals surface area (Å²) in [6.07, 6.45) is 2.28. The molecule has 59 valence electrons. The van der Waals surface area contributed by atoms with E-state index in [4.69, 9.17) is 9.47 Å². The van der Waals surface area contributed by atoms with Crippen LogP contribution >= 0.6 is 0 Å². The predicted octanol–water partition coefficient (Wildman–Crippen LogP) is 0.613. The highest BCUT2D eigenvalue weighted by atomic mass is 16.5. The van der Waals surface area contributed by atoms with Gasteiger partial charge in [-0.2, -0.15) is 0 Å². The Morgan fingerprint density at radius 3 is 3.10 bits per heavy atom. The van der Waals surface area contributed by atoms with Crippen molar-refractivity contribution in [1.29, 1.82) is 0 Å². The van der Waals surface area contributed by atoms with E-state index in [1.54, 1.807) is 0 Å². The van der Waals surface area contributed by atoms with Gasteiger partial charge in [0.25, 0.3) is 0 Å². The molecule has 1 atom stereocenters. The minimum Gasteiger partial charge on any atom is -0.379 e. The smallest absolute Gasteiger partial charge is 0.106 e. The second-order valence-electron chi connectivity index (χ2n) is 2.41. The molecule has 0 aromatic rings. The van der Waals surface area contributed by atoms with Crippen molar-refractivity contribution in [2.24, 2.45) is 0 Å². The third kappa shape index (κ3) is 2.64. The second kappa shape index (κ2) is 4.66. The lowest BCUT2D eigenvalue weighted by molar-refractivity contribution is -0.0632. The van der Waals surface area contributed by atoms with E-state index < -0.39 is 0 Å². The molecule has 1 fully saturated rings. The maximum atomic E-state index is 10.0. The monoisotopic (exact) mass is 145 g/mol. The van der Waals surface area contributed by atoms with Gasteiger partial charge in [-0.15, -0.1) is 0 Å². The highest BCUT2D eigenvalue weighted by molar-refractivity contribution is 4.61. The van der Waals surface area contributed by atoms with Crippen LogP contribution in [0.1, 0.15) is 12.8 Å². The van der Waals surface area contributed by atoms with Crippen molar-refractivity contribution in [2.45, 2.75) is 18.9 Å². The molecule has 1 heterocycles. The Bertz CT molecular complexity index is 78.9. The van der Waals surface area contributed by atoms with Crippen LogP contribution in [0.25, 0.3) is 0 Å². The van der Waals surface area contributed by atoms with E-state index >= 15 is 0 Å². The molecule has 0 aromatic heterocycles. The molecule has 0 spiro atoms. The fraction of sp³-hybridized carbons (Fsp3) is 1.00. The van der Waals surface area contributed by atoms with Crippen molar-refractivity contribution in [3.05, 3.63) is 0 Å². The maximum Gasteiger partial charge on any atom is 0.106 e. The molecule has 0 saturated carbocycles. The van der Waals surface area contributed by atoms with Gasteiger partial charge in [-0.3, -0.25) is 0 Å². The topological polar surface area (TPSA) is 38.4 Å². The van der Waals surface area contributed by atoms with Crippen LogP contribution in [0.3, 0.4) is 0 Å². The number of hydrogen-bond acceptors (Lipinski definition) is 2. The summed E-state index contributed by atoms with van der Waals surface area (Å²) in [5.41, 5.74) is 0. The Balaban J connectivity index is 2.02. The zero-order valence-electron chi connectivity index (χ0n) is 6.04. The SMILES string of the molecule is [O]CCOC1CCCOC1. The molecule has 0 amide bonds. The van der Waals surface area contributed by atoms with Crippen LogP contribution < -0.4 is 0 Å². The van der Waals surface area contributed by atoms with Gasteiger partial charge in [0, 0.05) is 6.61 Å². The standard InChI is InChI=1S/C7H13O3/c8-3-5-10-7-2-1-4-9-6-7/h7H,1-6H2. The lowest BCUT2D eigenvalue weighted by Crippen LogP contribution is -2.26. The average molecular weight is 145 g/mol. The molecule has 0 aromatic carbocycles. The molecule has 1 rings (SSSR count). The second-order valence-corrected chi connectivity index (χ2v) is 2.41. The Hall–Kier alpha value is -0.120. The lowest BCUT2D eigenvalue weighted by atomic mass is 10.2. The third-order valence-electron chi connectivity index (χ3n) is 1.56. The normalized spacial score (nSPS) is 26.7. The van der Waals surface area contributed by atoms with Crippen LogP contribution in [0.4, 0.5) is 0 Å². The van der Waals surface area contributed by atoms with Crippen molar-refractivity contribution in [3.8, 4) is 0 Å². The quantitative estimate of drug-likeness (QED) is 0.583. The summed E-state index contributed by atoms with van der Waals surface area (Å²) in [6.45, 7) is 1.70. The van der Waals surface area contributed by atoms with Gasteiger partial charge in [-0.1, -0.05) is 0 Å². The predicted molar refractivity (Wildman–Crippen MR) is 35.3 cm³/mol. The van der Waals surface area contributed by atoms with Crippen molar-refractivity contribution < 1.29 is 14.6 Å². The van der Waals surface area contributed by atoms with E-state index in [1.807, 2.05) is 0 Å². The molecule has 0 bridgehead atoms. The van der Waals surface area contributed by atoms with Crippen molar-refractivity contribution in [3.63, 3.8) is 0 Å². The zero-order chi connectivity index (χ0) is 7.23. The number of ether oxygens (including phenoxy) is 2. The summed E-state index contributed by atoms with van der Waals surface area (Å²) in [4.78, 5) is 0. The summed E-state index contributed by atoms with van der Waals surface area (Å²) >= 11 is 0. The van der Waals surface area contributed by atoms with Gasteiger partial charge in [0.2, 0.25) is 0 Å². The van der Waals surface area contributed by atoms with E-state index in [0.717, 1.165) is 19.4 Å². The zero-order valence-corrected chi connectivity index (χ0v) is 6.04. The summed E-state index contributed by atoms with van der Waals surface area (Å²) in [5.74, 6) is 0. The highest BCUT2D eigenvalue weighted by Crippen LogP contribution is 2.08. The molecule has 1 radical (unpaired) electrons. The molecule has 1 unspecified atom stereocenters. The van der Waals surface area contributed by atoms with E-state index in [9.17, 15) is 5.11 Å². The molecule has 0 aliphatic carbocycles. The fourth-order valence-corrected chi connectivity index (χ4v) is 1.06. The van der Waals surface area contributed by atoms with Gasteiger partial charge in [-0.25, -0.2) is 5.11 Å². The maximum absolute atomic E-state index is 10.0. The summed E-state index contributed by atoms with van der Waals surface area (Å²) in [6, 6.07) is 0. The first kappa shape index (κ1) is 7.98. The minimum atomic E-state index is -0.142. The summed E-state index contributed by atoms with van der Waals surface area (Å²) < 4.78 is 10.3. The minimum absolute atomic E-state index is 0.142. The first-order valence-corrected chi connectivity index (χ1v) is 3.71. The molecular formula is C7H13O3. The van der Waals surface area contributed by atoms with Crippen molar-refractivity contribution in [2.75, 3.05) is 26.4 Å². The van der Waals surface area contributed by atoms with Crippen LogP contribution in [0.2, 0.25) is 0 Å². The van der Waals surface area contributed by atoms with Crippen LogP contribution in [0.15, 0.2) is 0 Å². The Morgan fingerprint density at radius 1 is 1.60 bits per heavy atom. The number of hydrogen-bond donors (Lipinski definition) is 0. The number of rotatable bonds is 3. The molecular weight excluding hydrogens is 132 g/mol. The molecule has 3 nitrogen and oxygen atoms in total. The summed E-state index contributed by atoms with van der Waals surface area (Å²) in [5, 5.41) is 10.0. The highest BCUT2D eigenvalue weighted by Gasteiger charge is 2.13. The van der Waals surface area contributed by atoms with E-state index in [-0.39, 0.29) is 12.7 Å². The van der Waals surface area contributed by atoms with Crippen LogP contribution in [-0.2, 0) is 14.6 Å². The van der Waals surface area contributed by atoms with Gasteiger partial charge in [0.05, 0.1) is 19.3 Å². The van der Waals surface area contributed by atoms with E-state index in [2.05, 4.69) is 0 Å². The largest absolute Gasteiger partial charge is 0.379 e.